The minimum absolute atomic E-state index is 0.0547. The number of benzene rings is 1. The molecule has 1 aromatic carbocycles. The second kappa shape index (κ2) is 10.3. The van der Waals surface area contributed by atoms with E-state index in [1.165, 1.54) is 44.2 Å². The number of hydrogen-bond donors (Lipinski definition) is 4. The van der Waals surface area contributed by atoms with E-state index < -0.39 is 16.1 Å². The fourth-order valence-corrected chi connectivity index (χ4v) is 4.30. The summed E-state index contributed by atoms with van der Waals surface area (Å²) in [6.07, 6.45) is 7.89. The van der Waals surface area contributed by atoms with Crippen LogP contribution in [0.5, 0.6) is 0 Å². The highest BCUT2D eigenvalue weighted by Gasteiger charge is 2.17. The molecular weight excluding hydrogens is 380 g/mol. The van der Waals surface area contributed by atoms with Gasteiger partial charge in [0.15, 0.2) is 0 Å². The Morgan fingerprint density at radius 1 is 1.14 bits per heavy atom. The third-order valence-corrected chi connectivity index (χ3v) is 6.29. The lowest BCUT2D eigenvalue weighted by Gasteiger charge is -2.21. The van der Waals surface area contributed by atoms with Crippen molar-refractivity contribution in [2.75, 3.05) is 11.9 Å². The van der Waals surface area contributed by atoms with Gasteiger partial charge in [0.05, 0.1) is 4.90 Å². The molecule has 1 aliphatic rings. The maximum absolute atomic E-state index is 12.1. The SMILES string of the molecule is C[C@@H](CNc1ccc(S(=O)(=O)NC(N)=O)cc1)NC(=O)CCC1CCCCC1. The number of carbonyl (C=O) groups excluding carboxylic acids is 2. The molecule has 0 heterocycles. The Kier molecular flexibility index (Phi) is 8.10. The minimum Gasteiger partial charge on any atom is -0.383 e. The zero-order valence-corrected chi connectivity index (χ0v) is 17.1. The maximum atomic E-state index is 12.1. The molecule has 0 aliphatic heterocycles. The van der Waals surface area contributed by atoms with Crippen LogP contribution in [0.4, 0.5) is 10.5 Å². The molecule has 0 spiro atoms. The third-order valence-electron chi connectivity index (χ3n) is 4.92. The Balaban J connectivity index is 1.73. The van der Waals surface area contributed by atoms with Gasteiger partial charge in [0.25, 0.3) is 10.0 Å². The van der Waals surface area contributed by atoms with Crippen molar-refractivity contribution in [3.63, 3.8) is 0 Å². The maximum Gasteiger partial charge on any atom is 0.326 e. The molecular formula is C19H30N4O4S. The standard InChI is InChI=1S/C19H30N4O4S/c1-14(22-18(24)12-7-15-5-3-2-4-6-15)13-21-16-8-10-17(11-9-16)28(26,27)23-19(20)25/h8-11,14-15,21H,2-7,12-13H2,1H3,(H,22,24)(H3,20,23,25)/t14-/m0/s1. The number of anilines is 1. The van der Waals surface area contributed by atoms with Gasteiger partial charge in [0, 0.05) is 24.7 Å². The molecule has 3 amide bonds. The minimum atomic E-state index is -3.95. The first-order chi connectivity index (χ1) is 13.3. The molecule has 0 radical (unpaired) electrons. The summed E-state index contributed by atoms with van der Waals surface area (Å²) < 4.78 is 25.4. The first-order valence-corrected chi connectivity index (χ1v) is 11.2. The van der Waals surface area contributed by atoms with Crippen molar-refractivity contribution >= 4 is 27.6 Å². The lowest BCUT2D eigenvalue weighted by atomic mass is 9.86. The zero-order valence-electron chi connectivity index (χ0n) is 16.2. The molecule has 0 saturated heterocycles. The van der Waals surface area contributed by atoms with Gasteiger partial charge in [-0.3, -0.25) is 4.79 Å². The molecule has 0 bridgehead atoms. The number of nitrogens with two attached hydrogens (primary N) is 1. The number of primary amides is 1. The number of urea groups is 1. The Morgan fingerprint density at radius 3 is 2.39 bits per heavy atom. The van der Waals surface area contributed by atoms with Crippen molar-refractivity contribution in [1.29, 1.82) is 0 Å². The van der Waals surface area contributed by atoms with E-state index in [1.54, 1.807) is 16.9 Å². The summed E-state index contributed by atoms with van der Waals surface area (Å²) in [6.45, 7) is 2.43. The van der Waals surface area contributed by atoms with E-state index in [2.05, 4.69) is 10.6 Å². The van der Waals surface area contributed by atoms with Crippen LogP contribution >= 0.6 is 0 Å². The van der Waals surface area contributed by atoms with Crippen LogP contribution in [-0.2, 0) is 14.8 Å². The van der Waals surface area contributed by atoms with Gasteiger partial charge in [-0.25, -0.2) is 17.9 Å². The highest BCUT2D eigenvalue weighted by molar-refractivity contribution is 7.90. The first-order valence-electron chi connectivity index (χ1n) is 9.72. The molecule has 9 heteroatoms. The molecule has 28 heavy (non-hydrogen) atoms. The van der Waals surface area contributed by atoms with Crippen molar-refractivity contribution in [3.8, 4) is 0 Å². The average Bonchev–Trinajstić information content (AvgIpc) is 2.65. The Bertz CT molecular complexity index is 759. The first kappa shape index (κ1) is 22.0. The highest BCUT2D eigenvalue weighted by atomic mass is 32.2. The summed E-state index contributed by atoms with van der Waals surface area (Å²) in [5.74, 6) is 0.755. The largest absolute Gasteiger partial charge is 0.383 e. The van der Waals surface area contributed by atoms with Crippen molar-refractivity contribution in [3.05, 3.63) is 24.3 Å². The van der Waals surface area contributed by atoms with Crippen LogP contribution in [0.1, 0.15) is 51.9 Å². The fourth-order valence-electron chi connectivity index (χ4n) is 3.42. The molecule has 8 nitrogen and oxygen atoms in total. The lowest BCUT2D eigenvalue weighted by Crippen LogP contribution is -2.37. The molecule has 1 aliphatic carbocycles. The lowest BCUT2D eigenvalue weighted by molar-refractivity contribution is -0.121. The van der Waals surface area contributed by atoms with E-state index in [1.807, 2.05) is 6.92 Å². The van der Waals surface area contributed by atoms with Crippen molar-refractivity contribution in [2.24, 2.45) is 11.7 Å². The van der Waals surface area contributed by atoms with Gasteiger partial charge >= 0.3 is 6.03 Å². The number of sulfonamides is 1. The predicted octanol–water partition coefficient (Wildman–Crippen LogP) is 2.32. The smallest absolute Gasteiger partial charge is 0.326 e. The van der Waals surface area contributed by atoms with E-state index in [9.17, 15) is 18.0 Å². The van der Waals surface area contributed by atoms with Crippen molar-refractivity contribution < 1.29 is 18.0 Å². The summed E-state index contributed by atoms with van der Waals surface area (Å²) in [4.78, 5) is 22.8. The molecule has 0 aromatic heterocycles. The number of nitrogens with one attached hydrogen (secondary N) is 3. The summed E-state index contributed by atoms with van der Waals surface area (Å²) in [5, 5.41) is 6.14. The molecule has 1 aromatic rings. The summed E-state index contributed by atoms with van der Waals surface area (Å²) in [7, 11) is -3.95. The summed E-state index contributed by atoms with van der Waals surface area (Å²) in [5.41, 5.74) is 5.56. The molecule has 1 fully saturated rings. The Labute approximate surface area is 166 Å². The van der Waals surface area contributed by atoms with E-state index >= 15 is 0 Å². The van der Waals surface area contributed by atoms with Crippen LogP contribution in [-0.4, -0.2) is 32.9 Å². The number of rotatable bonds is 9. The van der Waals surface area contributed by atoms with Gasteiger partial charge in [-0.1, -0.05) is 32.1 Å². The van der Waals surface area contributed by atoms with Crippen LogP contribution in [0, 0.1) is 5.92 Å². The number of carbonyl (C=O) groups is 2. The predicted molar refractivity (Wildman–Crippen MR) is 108 cm³/mol. The van der Waals surface area contributed by atoms with Gasteiger partial charge in [0.1, 0.15) is 0 Å². The van der Waals surface area contributed by atoms with E-state index in [0.29, 0.717) is 24.6 Å². The Hall–Kier alpha value is -2.29. The molecule has 1 saturated carbocycles. The monoisotopic (exact) mass is 410 g/mol. The molecule has 0 unspecified atom stereocenters. The second-order valence-electron chi connectivity index (χ2n) is 7.39. The van der Waals surface area contributed by atoms with Gasteiger partial charge < -0.3 is 16.4 Å². The quantitative estimate of drug-likeness (QED) is 0.496. The molecule has 5 N–H and O–H groups in total. The average molecular weight is 411 g/mol. The third kappa shape index (κ3) is 7.38. The van der Waals surface area contributed by atoms with Crippen molar-refractivity contribution in [1.82, 2.24) is 10.0 Å². The van der Waals surface area contributed by atoms with Crippen LogP contribution in [0.2, 0.25) is 0 Å². The number of hydrogen-bond acceptors (Lipinski definition) is 5. The van der Waals surface area contributed by atoms with Gasteiger partial charge in [-0.05, 0) is 43.5 Å². The summed E-state index contributed by atoms with van der Waals surface area (Å²) in [6, 6.07) is 4.75. The van der Waals surface area contributed by atoms with Crippen LogP contribution in [0.15, 0.2) is 29.2 Å². The van der Waals surface area contributed by atoms with Crippen molar-refractivity contribution in [2.45, 2.75) is 62.8 Å². The topological polar surface area (TPSA) is 130 Å². The normalized spacial score (nSPS) is 16.2. The highest BCUT2D eigenvalue weighted by Crippen LogP contribution is 2.27. The summed E-state index contributed by atoms with van der Waals surface area (Å²) >= 11 is 0. The zero-order chi connectivity index (χ0) is 20.6. The molecule has 156 valence electrons. The Morgan fingerprint density at radius 2 is 1.79 bits per heavy atom. The van der Waals surface area contributed by atoms with Gasteiger partial charge in [-0.2, -0.15) is 0 Å². The van der Waals surface area contributed by atoms with Gasteiger partial charge in [-0.15, -0.1) is 0 Å². The van der Waals surface area contributed by atoms with Crippen LogP contribution < -0.4 is 21.1 Å². The molecule has 1 atom stereocenters. The van der Waals surface area contributed by atoms with Gasteiger partial charge in [0.2, 0.25) is 5.91 Å². The van der Waals surface area contributed by atoms with E-state index in [0.717, 1.165) is 6.42 Å². The van der Waals surface area contributed by atoms with Crippen LogP contribution in [0.3, 0.4) is 0 Å². The van der Waals surface area contributed by atoms with Crippen LogP contribution in [0.25, 0.3) is 0 Å². The van der Waals surface area contributed by atoms with E-state index in [4.69, 9.17) is 5.73 Å². The molecule has 2 rings (SSSR count). The fraction of sp³-hybridized carbons (Fsp3) is 0.579. The number of amides is 3. The van der Waals surface area contributed by atoms with E-state index in [-0.39, 0.29) is 16.8 Å². The second-order valence-corrected chi connectivity index (χ2v) is 9.07.